The quantitative estimate of drug-likeness (QED) is 0.0846. The molecule has 412 valence electrons. The van der Waals surface area contributed by atoms with Gasteiger partial charge in [-0.3, -0.25) is 29.0 Å². The summed E-state index contributed by atoms with van der Waals surface area (Å²) in [5, 5.41) is 24.2. The van der Waals surface area contributed by atoms with Crippen LogP contribution < -0.4 is 26.2 Å². The molecular weight excluding hydrogens is 1000 g/mol. The maximum Gasteiger partial charge on any atom is 0.274 e. The van der Waals surface area contributed by atoms with Crippen molar-refractivity contribution in [1.29, 1.82) is 0 Å². The molecule has 1 saturated carbocycles. The number of piperazine rings is 2. The van der Waals surface area contributed by atoms with Gasteiger partial charge in [-0.15, -0.1) is 0 Å². The number of morpholine rings is 1. The summed E-state index contributed by atoms with van der Waals surface area (Å²) in [6.45, 7) is 14.6. The molecule has 20 heteroatoms. The van der Waals surface area contributed by atoms with E-state index in [0.29, 0.717) is 128 Å². The molecule has 4 amide bonds. The van der Waals surface area contributed by atoms with Gasteiger partial charge in [0.25, 0.3) is 5.91 Å². The van der Waals surface area contributed by atoms with Crippen LogP contribution in [0.15, 0.2) is 67.1 Å². The second-order valence-corrected chi connectivity index (χ2v) is 22.3. The molecule has 77 heavy (non-hydrogen) atoms. The van der Waals surface area contributed by atoms with Crippen molar-refractivity contribution < 1.29 is 33.8 Å². The van der Waals surface area contributed by atoms with Crippen LogP contribution >= 0.6 is 11.6 Å². The first-order chi connectivity index (χ1) is 37.4. The van der Waals surface area contributed by atoms with Crippen molar-refractivity contribution in [1.82, 2.24) is 50.5 Å². The maximum absolute atomic E-state index is 14.2. The van der Waals surface area contributed by atoms with E-state index in [0.717, 1.165) is 66.7 Å². The molecule has 2 aromatic carbocycles. The third-order valence-electron chi connectivity index (χ3n) is 16.8. The molecule has 19 nitrogen and oxygen atoms in total. The fraction of sp³-hybridized carbons (Fsp3) is 0.561. The van der Waals surface area contributed by atoms with Crippen LogP contribution in [0.25, 0.3) is 11.1 Å². The van der Waals surface area contributed by atoms with Crippen molar-refractivity contribution >= 4 is 46.7 Å². The van der Waals surface area contributed by atoms with Crippen molar-refractivity contribution in [3.63, 3.8) is 0 Å². The van der Waals surface area contributed by atoms with Gasteiger partial charge in [0, 0.05) is 120 Å². The minimum atomic E-state index is -0.575. The van der Waals surface area contributed by atoms with Crippen LogP contribution in [0.4, 0.5) is 11.5 Å². The number of aryl methyl sites for hydroxylation is 1. The van der Waals surface area contributed by atoms with Gasteiger partial charge in [-0.05, 0) is 79.3 Å². The lowest BCUT2D eigenvalue weighted by molar-refractivity contribution is -0.173. The van der Waals surface area contributed by atoms with E-state index in [2.05, 4.69) is 71.9 Å². The largest absolute Gasteiger partial charge is 0.387 e. The number of carbonyl (C=O) groups is 4. The molecule has 11 rings (SSSR count). The van der Waals surface area contributed by atoms with Crippen LogP contribution in [0, 0.1) is 0 Å². The second-order valence-electron chi connectivity index (χ2n) is 21.9. The number of anilines is 2. The number of halogens is 1. The topological polar surface area (TPSA) is 210 Å². The Labute approximate surface area is 456 Å². The first-order valence-corrected chi connectivity index (χ1v) is 28.1. The van der Waals surface area contributed by atoms with Crippen LogP contribution in [0.5, 0.6) is 0 Å². The molecule has 6 fully saturated rings. The Hall–Kier alpha value is -5.64. The highest BCUT2D eigenvalue weighted by atomic mass is 35.5. The highest BCUT2D eigenvalue weighted by Crippen LogP contribution is 2.45. The Morgan fingerprint density at radius 1 is 0.831 bits per heavy atom. The highest BCUT2D eigenvalue weighted by molar-refractivity contribution is 6.30. The maximum atomic E-state index is 14.2. The lowest BCUT2D eigenvalue weighted by Gasteiger charge is -2.55. The van der Waals surface area contributed by atoms with Crippen LogP contribution in [-0.2, 0) is 30.3 Å². The number of nitrogens with one attached hydrogen (secondary N) is 4. The lowest BCUT2D eigenvalue weighted by atomic mass is 9.71. The SMILES string of the molecule is CCc1cccc(-c2cnc(C(=O)N3CCN(CC45CCC(NCC(=O)NCCNC[C@@H](C(=O)N6CCN(c7ncnc8c7[C@H](C)C[C@H]8O)CC6)c6ccc(Cl)cc6)(CC4)CO5)CC3)c(NC(=O)CN3CCOCC3)c2)c1. The molecule has 0 radical (unpaired) electrons. The molecular formula is C57H75ClN12O7. The standard InChI is InChI=1S/C57H75ClN12O7/c1-3-40-5-4-6-42(30-40)43-31-46(65-49(73)35-66-25-27-76-28-26-66)51(61-32-43)55(75)70-19-17-67(18-20-70)36-57-13-11-56(12-14-57,37-77-57)64-34-48(72)60-16-15-59-33-45(41-7-9-44(58)10-8-41)54(74)69-23-21-68(22-24-69)53-50-39(2)29-47(71)52(50)62-38-63-53/h4-10,30-32,38-39,45,47,59,64,71H,3,11-29,33-37H2,1-2H3,(H,60,72)(H,65,73)/t39-,45-,47-,56?,57?/m1/s1. The number of aliphatic hydroxyl groups is 1. The van der Waals surface area contributed by atoms with Crippen LogP contribution in [0.1, 0.15) is 96.8 Å². The molecule has 5 aliphatic heterocycles. The van der Waals surface area contributed by atoms with Crippen molar-refractivity contribution in [3.05, 3.63) is 100 Å². The van der Waals surface area contributed by atoms with Crippen molar-refractivity contribution in [2.24, 2.45) is 0 Å². The number of rotatable bonds is 19. The van der Waals surface area contributed by atoms with E-state index in [9.17, 15) is 24.3 Å². The van der Waals surface area contributed by atoms with E-state index >= 15 is 0 Å². The minimum Gasteiger partial charge on any atom is -0.387 e. The second kappa shape index (κ2) is 24.6. The Morgan fingerprint density at radius 2 is 1.58 bits per heavy atom. The smallest absolute Gasteiger partial charge is 0.274 e. The van der Waals surface area contributed by atoms with Gasteiger partial charge in [-0.1, -0.05) is 61.8 Å². The van der Waals surface area contributed by atoms with E-state index in [1.165, 1.54) is 11.9 Å². The number of hydrogen-bond donors (Lipinski definition) is 5. The van der Waals surface area contributed by atoms with Gasteiger partial charge in [0.15, 0.2) is 5.69 Å². The van der Waals surface area contributed by atoms with E-state index in [4.69, 9.17) is 26.1 Å². The van der Waals surface area contributed by atoms with E-state index in [1.54, 1.807) is 6.20 Å². The average Bonchev–Trinajstić information content (AvgIpc) is 3.76. The highest BCUT2D eigenvalue weighted by Gasteiger charge is 2.50. The molecule has 5 N–H and O–H groups in total. The third-order valence-corrected chi connectivity index (χ3v) is 17.0. The zero-order valence-electron chi connectivity index (χ0n) is 44.6. The monoisotopic (exact) mass is 1070 g/mol. The van der Waals surface area contributed by atoms with Gasteiger partial charge in [-0.2, -0.15) is 0 Å². The summed E-state index contributed by atoms with van der Waals surface area (Å²) in [7, 11) is 0. The van der Waals surface area contributed by atoms with Crippen molar-refractivity contribution in [3.8, 4) is 11.1 Å². The normalized spacial score (nSPS) is 24.1. The van der Waals surface area contributed by atoms with Crippen LogP contribution in [-0.4, -0.2) is 199 Å². The van der Waals surface area contributed by atoms with Crippen molar-refractivity contribution in [2.45, 2.75) is 81.5 Å². The molecule has 2 bridgehead atoms. The molecule has 5 saturated heterocycles. The summed E-state index contributed by atoms with van der Waals surface area (Å²) in [6.07, 6.45) is 7.80. The molecule has 4 aromatic rings. The Bertz CT molecular complexity index is 2700. The van der Waals surface area contributed by atoms with Gasteiger partial charge in [-0.25, -0.2) is 15.0 Å². The molecule has 2 aliphatic carbocycles. The molecule has 7 heterocycles. The molecule has 2 aromatic heterocycles. The summed E-state index contributed by atoms with van der Waals surface area (Å²) in [4.78, 5) is 79.0. The number of aliphatic hydroxyl groups excluding tert-OH is 1. The summed E-state index contributed by atoms with van der Waals surface area (Å²) in [6, 6.07) is 17.6. The first-order valence-electron chi connectivity index (χ1n) is 27.8. The molecule has 0 spiro atoms. The van der Waals surface area contributed by atoms with Crippen LogP contribution in [0.2, 0.25) is 5.02 Å². The van der Waals surface area contributed by atoms with Gasteiger partial charge >= 0.3 is 0 Å². The lowest BCUT2D eigenvalue weighted by Crippen LogP contribution is -2.65. The minimum absolute atomic E-state index is 0.0344. The number of carbonyl (C=O) groups excluding carboxylic acids is 4. The fourth-order valence-corrected chi connectivity index (χ4v) is 12.2. The number of aromatic nitrogens is 3. The molecule has 3 atom stereocenters. The Kier molecular flexibility index (Phi) is 17.5. The third kappa shape index (κ3) is 12.9. The van der Waals surface area contributed by atoms with Crippen LogP contribution in [0.3, 0.4) is 0 Å². The number of benzene rings is 2. The van der Waals surface area contributed by atoms with E-state index < -0.39 is 12.0 Å². The molecule has 0 unspecified atom stereocenters. The number of amides is 4. The van der Waals surface area contributed by atoms with E-state index in [1.807, 2.05) is 52.3 Å². The summed E-state index contributed by atoms with van der Waals surface area (Å²) in [5.41, 5.74) is 5.75. The number of pyridine rings is 1. The Balaban J connectivity index is 0.655. The molecule has 7 aliphatic rings. The first kappa shape index (κ1) is 54.7. The van der Waals surface area contributed by atoms with Crippen molar-refractivity contribution in [2.75, 3.05) is 135 Å². The van der Waals surface area contributed by atoms with Gasteiger partial charge in [0.2, 0.25) is 17.7 Å². The van der Waals surface area contributed by atoms with Gasteiger partial charge in [0.05, 0.1) is 61.9 Å². The van der Waals surface area contributed by atoms with Gasteiger partial charge < -0.3 is 50.5 Å². The number of nitrogens with zero attached hydrogens (tertiary/aromatic N) is 8. The number of ether oxygens (including phenoxy) is 2. The zero-order valence-corrected chi connectivity index (χ0v) is 45.4. The average molecular weight is 1080 g/mol. The predicted molar refractivity (Wildman–Crippen MR) is 294 cm³/mol. The van der Waals surface area contributed by atoms with Gasteiger partial charge in [0.1, 0.15) is 12.1 Å². The summed E-state index contributed by atoms with van der Waals surface area (Å²) in [5.74, 6) is 0.144. The summed E-state index contributed by atoms with van der Waals surface area (Å²) < 4.78 is 12.1. The zero-order chi connectivity index (χ0) is 53.5. The number of hydrogen-bond acceptors (Lipinski definition) is 15. The van der Waals surface area contributed by atoms with E-state index in [-0.39, 0.29) is 59.5 Å². The Morgan fingerprint density at radius 3 is 2.31 bits per heavy atom. The predicted octanol–water partition coefficient (Wildman–Crippen LogP) is 3.83. The number of fused-ring (bicyclic) bond motifs is 4. The fourth-order valence-electron chi connectivity index (χ4n) is 12.1. The summed E-state index contributed by atoms with van der Waals surface area (Å²) >= 11 is 6.25.